The highest BCUT2D eigenvalue weighted by molar-refractivity contribution is 6.20. The minimum atomic E-state index is -4.52. The van der Waals surface area contributed by atoms with E-state index in [1.807, 2.05) is 4.90 Å². The summed E-state index contributed by atoms with van der Waals surface area (Å²) >= 11 is 0. The van der Waals surface area contributed by atoms with Crippen molar-refractivity contribution >= 4 is 23.5 Å². The van der Waals surface area contributed by atoms with Crippen LogP contribution in [0.4, 0.5) is 23.7 Å². The van der Waals surface area contributed by atoms with E-state index >= 15 is 0 Å². The number of amides is 4. The van der Waals surface area contributed by atoms with Gasteiger partial charge in [-0.2, -0.15) is 13.2 Å². The Morgan fingerprint density at radius 2 is 1.96 bits per heavy atom. The van der Waals surface area contributed by atoms with Gasteiger partial charge in [-0.15, -0.1) is 0 Å². The largest absolute Gasteiger partial charge is 0.416 e. The number of carbonyl (C=O) groups excluding carboxylic acids is 3. The van der Waals surface area contributed by atoms with Crippen molar-refractivity contribution in [2.45, 2.75) is 31.5 Å². The second kappa shape index (κ2) is 5.21. The average Bonchev–Trinajstić information content (AvgIpc) is 3.07. The molecule has 3 aliphatic heterocycles. The van der Waals surface area contributed by atoms with Gasteiger partial charge < -0.3 is 4.90 Å². The van der Waals surface area contributed by atoms with Gasteiger partial charge in [-0.05, 0) is 43.0 Å². The van der Waals surface area contributed by atoms with Crippen molar-refractivity contribution < 1.29 is 27.6 Å². The normalized spacial score (nSPS) is 28.3. The standard InChI is InChI=1S/C17H16F3N3O3/c1-22-14(25)16(13(24)21-15(22)26)8-9-7-10(17(18,19)20)4-5-11(9)23-6-2-3-12(16)23/h4-5,7,12H,2-3,6,8H2,1H3,(H,21,24,26)/t12-,16-/m0/s1. The molecule has 26 heavy (non-hydrogen) atoms. The van der Waals surface area contributed by atoms with Crippen molar-refractivity contribution in [2.75, 3.05) is 18.5 Å². The summed E-state index contributed by atoms with van der Waals surface area (Å²) < 4.78 is 39.3. The SMILES string of the molecule is CN1C(=O)NC(=O)[C@@]2(Cc3cc(C(F)(F)F)ccc3N3CCC[C@H]32)C1=O. The van der Waals surface area contributed by atoms with E-state index in [0.29, 0.717) is 30.6 Å². The second-order valence-electron chi connectivity index (χ2n) is 6.96. The van der Waals surface area contributed by atoms with E-state index in [9.17, 15) is 27.6 Å². The van der Waals surface area contributed by atoms with E-state index in [-0.39, 0.29) is 6.42 Å². The maximum absolute atomic E-state index is 13.1. The molecule has 0 unspecified atom stereocenters. The summed E-state index contributed by atoms with van der Waals surface area (Å²) in [5.74, 6) is -1.39. The fourth-order valence-electron chi connectivity index (χ4n) is 4.40. The van der Waals surface area contributed by atoms with Crippen LogP contribution in [0.3, 0.4) is 0 Å². The summed E-state index contributed by atoms with van der Waals surface area (Å²) in [7, 11) is 1.27. The quantitative estimate of drug-likeness (QED) is 0.712. The molecular formula is C17H16F3N3O3. The Morgan fingerprint density at radius 3 is 2.65 bits per heavy atom. The fourth-order valence-corrected chi connectivity index (χ4v) is 4.40. The first-order chi connectivity index (χ1) is 12.2. The lowest BCUT2D eigenvalue weighted by atomic mass is 9.68. The Labute approximate surface area is 146 Å². The minimum Gasteiger partial charge on any atom is -0.367 e. The van der Waals surface area contributed by atoms with Crippen molar-refractivity contribution in [1.82, 2.24) is 10.2 Å². The van der Waals surface area contributed by atoms with E-state index in [0.717, 1.165) is 17.0 Å². The number of alkyl halides is 3. The maximum atomic E-state index is 13.1. The molecule has 3 aliphatic rings. The van der Waals surface area contributed by atoms with Crippen molar-refractivity contribution in [3.8, 4) is 0 Å². The number of rotatable bonds is 0. The summed E-state index contributed by atoms with van der Waals surface area (Å²) in [6.07, 6.45) is -3.40. The summed E-state index contributed by atoms with van der Waals surface area (Å²) in [5, 5.41) is 2.19. The first-order valence-corrected chi connectivity index (χ1v) is 8.26. The van der Waals surface area contributed by atoms with Crippen LogP contribution in [0.15, 0.2) is 18.2 Å². The van der Waals surface area contributed by atoms with Gasteiger partial charge in [0.15, 0.2) is 5.41 Å². The number of hydrogen-bond acceptors (Lipinski definition) is 4. The zero-order chi connectivity index (χ0) is 18.9. The molecule has 3 heterocycles. The smallest absolute Gasteiger partial charge is 0.367 e. The molecule has 0 radical (unpaired) electrons. The molecule has 138 valence electrons. The van der Waals surface area contributed by atoms with E-state index in [1.165, 1.54) is 13.1 Å². The lowest BCUT2D eigenvalue weighted by Crippen LogP contribution is -2.70. The Hall–Kier alpha value is -2.58. The lowest BCUT2D eigenvalue weighted by Gasteiger charge is -2.49. The molecule has 1 aromatic carbocycles. The third-order valence-electron chi connectivity index (χ3n) is 5.62. The molecular weight excluding hydrogens is 351 g/mol. The van der Waals surface area contributed by atoms with Crippen LogP contribution in [-0.2, 0) is 22.2 Å². The predicted octanol–water partition coefficient (Wildman–Crippen LogP) is 1.92. The molecule has 4 amide bonds. The van der Waals surface area contributed by atoms with Crippen LogP contribution >= 0.6 is 0 Å². The first kappa shape index (κ1) is 16.9. The van der Waals surface area contributed by atoms with Crippen LogP contribution in [0.1, 0.15) is 24.0 Å². The zero-order valence-electron chi connectivity index (χ0n) is 13.9. The Kier molecular flexibility index (Phi) is 3.38. The van der Waals surface area contributed by atoms with Crippen LogP contribution in [-0.4, -0.2) is 42.4 Å². The number of nitrogens with one attached hydrogen (secondary N) is 1. The highest BCUT2D eigenvalue weighted by Gasteiger charge is 2.62. The molecule has 1 aromatic rings. The number of barbiturate groups is 1. The van der Waals surface area contributed by atoms with Gasteiger partial charge in [0, 0.05) is 19.3 Å². The number of anilines is 1. The molecule has 9 heteroatoms. The van der Waals surface area contributed by atoms with Crippen LogP contribution in [0, 0.1) is 5.41 Å². The number of nitrogens with zero attached hydrogens (tertiary/aromatic N) is 2. The topological polar surface area (TPSA) is 69.7 Å². The molecule has 1 spiro atoms. The molecule has 4 rings (SSSR count). The molecule has 2 saturated heterocycles. The number of urea groups is 1. The molecule has 0 saturated carbocycles. The molecule has 0 bridgehead atoms. The number of imide groups is 2. The van der Waals surface area contributed by atoms with Gasteiger partial charge in [-0.3, -0.25) is 19.8 Å². The predicted molar refractivity (Wildman–Crippen MR) is 84.3 cm³/mol. The van der Waals surface area contributed by atoms with Gasteiger partial charge in [0.05, 0.1) is 11.6 Å². The van der Waals surface area contributed by atoms with Crippen molar-refractivity contribution in [2.24, 2.45) is 5.41 Å². The van der Waals surface area contributed by atoms with Gasteiger partial charge in [0.2, 0.25) is 11.8 Å². The Morgan fingerprint density at radius 1 is 1.23 bits per heavy atom. The third kappa shape index (κ3) is 2.09. The van der Waals surface area contributed by atoms with E-state index < -0.39 is 41.0 Å². The third-order valence-corrected chi connectivity index (χ3v) is 5.62. The number of halogens is 3. The van der Waals surface area contributed by atoms with E-state index in [4.69, 9.17) is 0 Å². The van der Waals surface area contributed by atoms with Gasteiger partial charge in [0.25, 0.3) is 0 Å². The molecule has 0 aliphatic carbocycles. The second-order valence-corrected chi connectivity index (χ2v) is 6.96. The van der Waals surface area contributed by atoms with Crippen molar-refractivity contribution in [1.29, 1.82) is 0 Å². The zero-order valence-corrected chi connectivity index (χ0v) is 13.9. The minimum absolute atomic E-state index is 0.157. The average molecular weight is 367 g/mol. The van der Waals surface area contributed by atoms with Crippen molar-refractivity contribution in [3.63, 3.8) is 0 Å². The molecule has 2 fully saturated rings. The number of fused-ring (bicyclic) bond motifs is 4. The Bertz CT molecular complexity index is 838. The number of benzene rings is 1. The summed E-state index contributed by atoms with van der Waals surface area (Å²) in [6, 6.07) is 2.14. The van der Waals surface area contributed by atoms with Crippen molar-refractivity contribution in [3.05, 3.63) is 29.3 Å². The number of hydrogen-bond donors (Lipinski definition) is 1. The molecule has 1 N–H and O–H groups in total. The summed E-state index contributed by atoms with van der Waals surface area (Å²) in [6.45, 7) is 0.545. The maximum Gasteiger partial charge on any atom is 0.416 e. The summed E-state index contributed by atoms with van der Waals surface area (Å²) in [5.41, 5.74) is -1.50. The van der Waals surface area contributed by atoms with Gasteiger partial charge in [-0.1, -0.05) is 0 Å². The number of carbonyl (C=O) groups is 3. The summed E-state index contributed by atoms with van der Waals surface area (Å²) in [4.78, 5) is 40.1. The highest BCUT2D eigenvalue weighted by Crippen LogP contribution is 2.49. The highest BCUT2D eigenvalue weighted by atomic mass is 19.4. The lowest BCUT2D eigenvalue weighted by molar-refractivity contribution is -0.152. The van der Waals surface area contributed by atoms with E-state index in [1.54, 1.807) is 0 Å². The molecule has 0 aromatic heterocycles. The first-order valence-electron chi connectivity index (χ1n) is 8.26. The Balaban J connectivity index is 1.88. The van der Waals surface area contributed by atoms with Gasteiger partial charge >= 0.3 is 12.2 Å². The van der Waals surface area contributed by atoms with Gasteiger partial charge in [0.1, 0.15) is 0 Å². The molecule has 2 atom stereocenters. The molecule has 6 nitrogen and oxygen atoms in total. The monoisotopic (exact) mass is 367 g/mol. The van der Waals surface area contributed by atoms with Crippen LogP contribution in [0.25, 0.3) is 0 Å². The fraction of sp³-hybridized carbons (Fsp3) is 0.471. The van der Waals surface area contributed by atoms with Crippen LogP contribution < -0.4 is 10.2 Å². The van der Waals surface area contributed by atoms with Crippen LogP contribution in [0.2, 0.25) is 0 Å². The van der Waals surface area contributed by atoms with Crippen LogP contribution in [0.5, 0.6) is 0 Å². The van der Waals surface area contributed by atoms with Gasteiger partial charge in [-0.25, -0.2) is 4.79 Å². The van der Waals surface area contributed by atoms with E-state index in [2.05, 4.69) is 5.32 Å².